The molecule has 29 heavy (non-hydrogen) atoms. The zero-order valence-corrected chi connectivity index (χ0v) is 15.8. The van der Waals surface area contributed by atoms with E-state index in [9.17, 15) is 9.59 Å². The molecule has 0 unspecified atom stereocenters. The average Bonchev–Trinajstić information content (AvgIpc) is 3.23. The van der Waals surface area contributed by atoms with Crippen LogP contribution in [0.25, 0.3) is 22.5 Å². The smallest absolute Gasteiger partial charge is 0.337 e. The number of carbonyl (C=O) groups is 1. The summed E-state index contributed by atoms with van der Waals surface area (Å²) in [6.07, 6.45) is 0. The molecule has 148 valence electrons. The number of aromatic nitrogens is 2. The van der Waals surface area contributed by atoms with Crippen molar-refractivity contribution >= 4 is 17.5 Å². The maximum Gasteiger partial charge on any atom is 0.337 e. The van der Waals surface area contributed by atoms with Crippen molar-refractivity contribution in [3.63, 3.8) is 0 Å². The van der Waals surface area contributed by atoms with E-state index in [4.69, 9.17) is 9.47 Å². The van der Waals surface area contributed by atoms with E-state index in [1.54, 1.807) is 18.2 Å². The maximum atomic E-state index is 12.3. The van der Waals surface area contributed by atoms with Gasteiger partial charge in [0.1, 0.15) is 11.6 Å². The van der Waals surface area contributed by atoms with Gasteiger partial charge < -0.3 is 14.5 Å². The highest BCUT2D eigenvalue weighted by molar-refractivity contribution is 5.91. The summed E-state index contributed by atoms with van der Waals surface area (Å²) < 4.78 is 10.6. The first-order valence-corrected chi connectivity index (χ1v) is 8.98. The van der Waals surface area contributed by atoms with Crippen molar-refractivity contribution in [2.24, 2.45) is 0 Å². The van der Waals surface area contributed by atoms with Crippen molar-refractivity contribution in [3.8, 4) is 28.3 Å². The molecule has 9 heteroatoms. The minimum atomic E-state index is -0.400. The summed E-state index contributed by atoms with van der Waals surface area (Å²) in [4.78, 5) is 31.3. The van der Waals surface area contributed by atoms with E-state index < -0.39 is 5.97 Å². The first-order valence-electron chi connectivity index (χ1n) is 8.98. The quantitative estimate of drug-likeness (QED) is 0.489. The zero-order valence-electron chi connectivity index (χ0n) is 15.8. The Morgan fingerprint density at radius 2 is 1.93 bits per heavy atom. The summed E-state index contributed by atoms with van der Waals surface area (Å²) in [6.45, 7) is 2.32. The fourth-order valence-electron chi connectivity index (χ4n) is 3.08. The Bertz CT molecular complexity index is 1140. The fourth-order valence-corrected chi connectivity index (χ4v) is 3.08. The summed E-state index contributed by atoms with van der Waals surface area (Å²) in [7, 11) is 1.35. The second-order valence-corrected chi connectivity index (χ2v) is 6.23. The van der Waals surface area contributed by atoms with Crippen molar-refractivity contribution in [3.05, 3.63) is 58.4 Å². The molecule has 0 atom stereocenters. The van der Waals surface area contributed by atoms with Gasteiger partial charge in [-0.1, -0.05) is 18.2 Å². The minimum Gasteiger partial charge on any atom is -0.493 e. The van der Waals surface area contributed by atoms with Crippen molar-refractivity contribution in [1.82, 2.24) is 15.5 Å². The van der Waals surface area contributed by atoms with Gasteiger partial charge in [-0.05, 0) is 42.3 Å². The number of esters is 1. The van der Waals surface area contributed by atoms with Gasteiger partial charge in [0, 0.05) is 0 Å². The molecule has 0 fully saturated rings. The van der Waals surface area contributed by atoms with E-state index in [2.05, 4.69) is 26.4 Å². The third kappa shape index (κ3) is 3.50. The number of carbonyl (C=O) groups excluding carboxylic acids is 1. The van der Waals surface area contributed by atoms with Gasteiger partial charge in [0.25, 0.3) is 5.56 Å². The lowest BCUT2D eigenvalue weighted by molar-refractivity contribution is 0.0601. The van der Waals surface area contributed by atoms with Crippen LogP contribution in [0.1, 0.15) is 17.3 Å². The van der Waals surface area contributed by atoms with Crippen LogP contribution in [-0.4, -0.2) is 29.7 Å². The largest absolute Gasteiger partial charge is 0.493 e. The third-order valence-electron chi connectivity index (χ3n) is 4.44. The predicted octanol–water partition coefficient (Wildman–Crippen LogP) is 2.55. The molecule has 9 nitrogen and oxygen atoms in total. The van der Waals surface area contributed by atoms with Gasteiger partial charge in [-0.15, -0.1) is 5.53 Å². The van der Waals surface area contributed by atoms with E-state index in [0.717, 1.165) is 11.1 Å². The molecule has 4 N–H and O–H groups in total. The van der Waals surface area contributed by atoms with Crippen LogP contribution in [-0.2, 0) is 4.74 Å². The van der Waals surface area contributed by atoms with Gasteiger partial charge >= 0.3 is 5.97 Å². The van der Waals surface area contributed by atoms with Crippen LogP contribution in [0.4, 0.5) is 11.5 Å². The highest BCUT2D eigenvalue weighted by Crippen LogP contribution is 2.34. The second kappa shape index (κ2) is 7.64. The van der Waals surface area contributed by atoms with Crippen LogP contribution in [0.2, 0.25) is 0 Å². The Labute approximate surface area is 166 Å². The van der Waals surface area contributed by atoms with Crippen molar-refractivity contribution in [2.75, 3.05) is 24.6 Å². The normalized spacial score (nSPS) is 11.9. The van der Waals surface area contributed by atoms with Crippen LogP contribution < -0.4 is 26.7 Å². The fraction of sp³-hybridized carbons (Fsp3) is 0.150. The monoisotopic (exact) mass is 393 g/mol. The summed E-state index contributed by atoms with van der Waals surface area (Å²) in [6, 6.07) is 12.7. The molecule has 1 aromatic heterocycles. The molecule has 0 saturated carbocycles. The molecule has 1 aliphatic heterocycles. The lowest BCUT2D eigenvalue weighted by atomic mass is 10.0. The van der Waals surface area contributed by atoms with Gasteiger partial charge in [0.15, 0.2) is 11.5 Å². The summed E-state index contributed by atoms with van der Waals surface area (Å²) in [5, 5.41) is 0. The minimum absolute atomic E-state index is 0.306. The molecule has 3 aromatic rings. The number of hydrogen-bond acceptors (Lipinski definition) is 8. The average molecular weight is 393 g/mol. The number of aromatic amines is 1. The maximum absolute atomic E-state index is 12.3. The lowest BCUT2D eigenvalue weighted by Crippen LogP contribution is -2.21. The van der Waals surface area contributed by atoms with Crippen LogP contribution in [0, 0.1) is 0 Å². The van der Waals surface area contributed by atoms with Crippen molar-refractivity contribution in [1.29, 1.82) is 0 Å². The van der Waals surface area contributed by atoms with Gasteiger partial charge in [-0.2, -0.15) is 0 Å². The standard InChI is InChI=1S/C20H19N5O4/c1-3-29-15-10-12(11-5-4-6-13(9-11)20(27)28-2)7-8-14(15)17-21-18-16(19(26)22-17)23-25-24-18/h4-10,23,25H,3H2,1-2H3,(H2,21,22,24,26). The van der Waals surface area contributed by atoms with Gasteiger partial charge in [0.2, 0.25) is 0 Å². The van der Waals surface area contributed by atoms with Crippen LogP contribution in [0.3, 0.4) is 0 Å². The molecule has 2 heterocycles. The molecule has 0 amide bonds. The highest BCUT2D eigenvalue weighted by Gasteiger charge is 2.19. The Hall–Kier alpha value is -3.85. The third-order valence-corrected chi connectivity index (χ3v) is 4.44. The van der Waals surface area contributed by atoms with Crippen LogP contribution in [0.5, 0.6) is 5.75 Å². The number of nitrogens with zero attached hydrogens (tertiary/aromatic N) is 1. The number of H-pyrrole nitrogens is 1. The Kier molecular flexibility index (Phi) is 4.88. The molecule has 0 saturated heterocycles. The van der Waals surface area contributed by atoms with Crippen molar-refractivity contribution < 1.29 is 14.3 Å². The summed E-state index contributed by atoms with van der Waals surface area (Å²) in [5.74, 6) is 0.949. The Morgan fingerprint density at radius 1 is 1.10 bits per heavy atom. The Morgan fingerprint density at radius 3 is 2.72 bits per heavy atom. The number of benzene rings is 2. The molecule has 2 aromatic carbocycles. The molecule has 0 aliphatic carbocycles. The van der Waals surface area contributed by atoms with Crippen LogP contribution in [0.15, 0.2) is 47.3 Å². The molecule has 4 rings (SSSR count). The summed E-state index contributed by atoms with van der Waals surface area (Å²) in [5.41, 5.74) is 10.9. The van der Waals surface area contributed by atoms with Gasteiger partial charge in [0.05, 0.1) is 24.8 Å². The second-order valence-electron chi connectivity index (χ2n) is 6.23. The highest BCUT2D eigenvalue weighted by atomic mass is 16.5. The topological polar surface area (TPSA) is 117 Å². The Balaban J connectivity index is 1.78. The van der Waals surface area contributed by atoms with Gasteiger partial charge in [-0.25, -0.2) is 9.78 Å². The lowest BCUT2D eigenvalue weighted by Gasteiger charge is -2.13. The van der Waals surface area contributed by atoms with E-state index in [0.29, 0.717) is 40.8 Å². The molecule has 0 radical (unpaired) electrons. The van der Waals surface area contributed by atoms with E-state index in [1.165, 1.54) is 7.11 Å². The zero-order chi connectivity index (χ0) is 20.4. The number of anilines is 2. The van der Waals surface area contributed by atoms with E-state index >= 15 is 0 Å². The van der Waals surface area contributed by atoms with Gasteiger partial charge in [-0.3, -0.25) is 15.6 Å². The number of methoxy groups -OCH3 is 1. The van der Waals surface area contributed by atoms with Crippen LogP contribution >= 0.6 is 0 Å². The molecule has 1 aliphatic rings. The van der Waals surface area contributed by atoms with Crippen molar-refractivity contribution in [2.45, 2.75) is 6.92 Å². The molecule has 0 spiro atoms. The first-order chi connectivity index (χ1) is 14.1. The number of hydrogen-bond donors (Lipinski definition) is 4. The predicted molar refractivity (Wildman–Crippen MR) is 109 cm³/mol. The van der Waals surface area contributed by atoms with E-state index in [-0.39, 0.29) is 5.56 Å². The first kappa shape index (κ1) is 18.5. The number of hydrazine groups is 2. The number of rotatable bonds is 5. The van der Waals surface area contributed by atoms with E-state index in [1.807, 2.05) is 31.2 Å². The summed E-state index contributed by atoms with van der Waals surface area (Å²) >= 11 is 0. The number of ether oxygens (including phenoxy) is 2. The molecule has 0 bridgehead atoms. The SMILES string of the molecule is CCOc1cc(-c2cccc(C(=O)OC)c2)ccc1-c1nc2c(c(=O)[nH]1)NNN2. The molecular weight excluding hydrogens is 374 g/mol. The number of fused-ring (bicyclic) bond motifs is 1. The molecular formula is C20H19N5O4. The number of nitrogens with one attached hydrogen (secondary N) is 4.